The highest BCUT2D eigenvalue weighted by molar-refractivity contribution is 7.99. The largest absolute Gasteiger partial charge is 0.294 e. The van der Waals surface area contributed by atoms with E-state index in [1.165, 1.54) is 0 Å². The Hall–Kier alpha value is -1.07. The molecule has 1 aromatic heterocycles. The molecule has 0 fully saturated rings. The standard InChI is InChI=1S/C20H28N2OS2/c1-12(2)20(23)15-7-8-16-17(9-15)22-19(11-25-14(5)6)18(21-16)10-24-13(3)4/h7-9,12-14H,10-11H2,1-6H3. The van der Waals surface area contributed by atoms with E-state index in [1.807, 2.05) is 55.6 Å². The summed E-state index contributed by atoms with van der Waals surface area (Å²) >= 11 is 3.77. The average Bonchev–Trinajstić information content (AvgIpc) is 2.56. The summed E-state index contributed by atoms with van der Waals surface area (Å²) in [6.45, 7) is 12.6. The molecule has 0 atom stereocenters. The molecule has 0 saturated heterocycles. The van der Waals surface area contributed by atoms with E-state index in [4.69, 9.17) is 9.97 Å². The molecule has 1 aromatic carbocycles. The number of benzene rings is 1. The molecule has 136 valence electrons. The van der Waals surface area contributed by atoms with E-state index in [0.29, 0.717) is 10.5 Å². The zero-order chi connectivity index (χ0) is 18.6. The number of nitrogens with zero attached hydrogens (tertiary/aromatic N) is 2. The van der Waals surface area contributed by atoms with Crippen molar-refractivity contribution < 1.29 is 4.79 Å². The highest BCUT2D eigenvalue weighted by Crippen LogP contribution is 2.25. The minimum atomic E-state index is -0.0110. The lowest BCUT2D eigenvalue weighted by Gasteiger charge is -2.13. The van der Waals surface area contributed by atoms with Crippen LogP contribution in [0, 0.1) is 5.92 Å². The van der Waals surface area contributed by atoms with Gasteiger partial charge in [0, 0.05) is 23.0 Å². The van der Waals surface area contributed by atoms with Gasteiger partial charge >= 0.3 is 0 Å². The number of fused-ring (bicyclic) bond motifs is 1. The molecule has 2 aromatic rings. The van der Waals surface area contributed by atoms with Crippen LogP contribution < -0.4 is 0 Å². The van der Waals surface area contributed by atoms with E-state index in [2.05, 4.69) is 27.7 Å². The Kier molecular flexibility index (Phi) is 7.32. The molecular weight excluding hydrogens is 348 g/mol. The summed E-state index contributed by atoms with van der Waals surface area (Å²) in [7, 11) is 0. The highest BCUT2D eigenvalue weighted by atomic mass is 32.2. The van der Waals surface area contributed by atoms with Gasteiger partial charge in [-0.1, -0.05) is 41.5 Å². The predicted octanol–water partition coefficient (Wildman–Crippen LogP) is 5.75. The summed E-state index contributed by atoms with van der Waals surface area (Å²) in [4.78, 5) is 22.0. The van der Waals surface area contributed by atoms with Crippen LogP contribution in [0.1, 0.15) is 63.3 Å². The maximum Gasteiger partial charge on any atom is 0.165 e. The number of rotatable bonds is 8. The van der Waals surface area contributed by atoms with Crippen LogP contribution in [0.15, 0.2) is 18.2 Å². The minimum Gasteiger partial charge on any atom is -0.294 e. The summed E-state index contributed by atoms with van der Waals surface area (Å²) in [6.07, 6.45) is 0. The van der Waals surface area contributed by atoms with Crippen LogP contribution in [-0.2, 0) is 11.5 Å². The van der Waals surface area contributed by atoms with E-state index in [-0.39, 0.29) is 11.7 Å². The number of ketones is 1. The van der Waals surface area contributed by atoms with Crippen molar-refractivity contribution in [1.82, 2.24) is 9.97 Å². The van der Waals surface area contributed by atoms with Gasteiger partial charge in [-0.2, -0.15) is 23.5 Å². The first-order valence-electron chi connectivity index (χ1n) is 8.85. The van der Waals surface area contributed by atoms with Crippen molar-refractivity contribution in [2.45, 2.75) is 63.5 Å². The Morgan fingerprint density at radius 2 is 1.40 bits per heavy atom. The average molecular weight is 377 g/mol. The van der Waals surface area contributed by atoms with Gasteiger partial charge in [-0.15, -0.1) is 0 Å². The minimum absolute atomic E-state index is 0.0110. The van der Waals surface area contributed by atoms with Crippen molar-refractivity contribution in [3.8, 4) is 0 Å². The number of Topliss-reactive ketones (excluding diaryl/α,β-unsaturated/α-hetero) is 1. The van der Waals surface area contributed by atoms with Gasteiger partial charge < -0.3 is 0 Å². The van der Waals surface area contributed by atoms with E-state index in [0.717, 1.165) is 39.5 Å². The van der Waals surface area contributed by atoms with Crippen LogP contribution in [0.2, 0.25) is 0 Å². The van der Waals surface area contributed by atoms with Gasteiger partial charge in [0.2, 0.25) is 0 Å². The maximum atomic E-state index is 12.3. The molecule has 0 bridgehead atoms. The summed E-state index contributed by atoms with van der Waals surface area (Å²) in [6, 6.07) is 5.70. The SMILES string of the molecule is CC(C)SCc1nc2ccc(C(=O)C(C)C)cc2nc1CSC(C)C. The fourth-order valence-corrected chi connectivity index (χ4v) is 3.78. The lowest BCUT2D eigenvalue weighted by Crippen LogP contribution is -2.08. The smallest absolute Gasteiger partial charge is 0.165 e. The maximum absolute atomic E-state index is 12.3. The third-order valence-electron chi connectivity index (χ3n) is 3.74. The van der Waals surface area contributed by atoms with Crippen LogP contribution in [-0.4, -0.2) is 26.3 Å². The van der Waals surface area contributed by atoms with Gasteiger partial charge in [-0.25, -0.2) is 9.97 Å². The predicted molar refractivity (Wildman–Crippen MR) is 112 cm³/mol. The number of hydrogen-bond donors (Lipinski definition) is 0. The summed E-state index contributed by atoms with van der Waals surface area (Å²) in [5.41, 5.74) is 4.54. The van der Waals surface area contributed by atoms with E-state index < -0.39 is 0 Å². The summed E-state index contributed by atoms with van der Waals surface area (Å²) in [5.74, 6) is 1.88. The second kappa shape index (κ2) is 9.04. The zero-order valence-electron chi connectivity index (χ0n) is 16.0. The first-order valence-corrected chi connectivity index (χ1v) is 10.9. The first kappa shape index (κ1) is 20.2. The van der Waals surface area contributed by atoms with Crippen LogP contribution >= 0.6 is 23.5 Å². The first-order chi connectivity index (χ1) is 11.8. The van der Waals surface area contributed by atoms with Crippen LogP contribution in [0.25, 0.3) is 11.0 Å². The van der Waals surface area contributed by atoms with Crippen LogP contribution in [0.3, 0.4) is 0 Å². The third-order valence-corrected chi connectivity index (χ3v) is 5.95. The Bertz CT molecular complexity index is 742. The Morgan fingerprint density at radius 1 is 0.880 bits per heavy atom. The lowest BCUT2D eigenvalue weighted by atomic mass is 10.0. The second-order valence-electron chi connectivity index (χ2n) is 7.06. The van der Waals surface area contributed by atoms with Crippen LogP contribution in [0.5, 0.6) is 0 Å². The highest BCUT2D eigenvalue weighted by Gasteiger charge is 2.14. The van der Waals surface area contributed by atoms with Gasteiger partial charge in [0.1, 0.15) is 0 Å². The number of carbonyl (C=O) groups excluding carboxylic acids is 1. The van der Waals surface area contributed by atoms with E-state index in [1.54, 1.807) is 0 Å². The van der Waals surface area contributed by atoms with Crippen molar-refractivity contribution in [3.63, 3.8) is 0 Å². The molecular formula is C20H28N2OS2. The van der Waals surface area contributed by atoms with Gasteiger partial charge in [0.05, 0.1) is 22.4 Å². The number of aromatic nitrogens is 2. The van der Waals surface area contributed by atoms with Crippen molar-refractivity contribution >= 4 is 40.3 Å². The molecule has 0 spiro atoms. The fourth-order valence-electron chi connectivity index (χ4n) is 2.34. The molecule has 0 aliphatic heterocycles. The van der Waals surface area contributed by atoms with Crippen molar-refractivity contribution in [3.05, 3.63) is 35.2 Å². The summed E-state index contributed by atoms with van der Waals surface area (Å²) < 4.78 is 0. The normalized spacial score (nSPS) is 11.9. The molecule has 3 nitrogen and oxygen atoms in total. The third kappa shape index (κ3) is 5.71. The zero-order valence-corrected chi connectivity index (χ0v) is 17.6. The van der Waals surface area contributed by atoms with E-state index in [9.17, 15) is 4.79 Å². The van der Waals surface area contributed by atoms with Crippen LogP contribution in [0.4, 0.5) is 0 Å². The number of carbonyl (C=O) groups is 1. The molecule has 0 radical (unpaired) electrons. The van der Waals surface area contributed by atoms with Gasteiger partial charge in [-0.3, -0.25) is 4.79 Å². The molecule has 0 unspecified atom stereocenters. The van der Waals surface area contributed by atoms with Gasteiger partial charge in [0.25, 0.3) is 0 Å². The second-order valence-corrected chi connectivity index (χ2v) is 10.2. The van der Waals surface area contributed by atoms with Crippen molar-refractivity contribution in [1.29, 1.82) is 0 Å². The molecule has 0 aliphatic carbocycles. The molecule has 25 heavy (non-hydrogen) atoms. The Balaban J connectivity index is 2.42. The van der Waals surface area contributed by atoms with Gasteiger partial charge in [-0.05, 0) is 28.7 Å². The van der Waals surface area contributed by atoms with E-state index >= 15 is 0 Å². The molecule has 5 heteroatoms. The molecule has 0 aliphatic rings. The quantitative estimate of drug-likeness (QED) is 0.549. The Labute approximate surface area is 159 Å². The van der Waals surface area contributed by atoms with Crippen molar-refractivity contribution in [2.75, 3.05) is 0 Å². The molecule has 1 heterocycles. The molecule has 0 amide bonds. The van der Waals surface area contributed by atoms with Gasteiger partial charge in [0.15, 0.2) is 5.78 Å². The number of thioether (sulfide) groups is 2. The topological polar surface area (TPSA) is 42.9 Å². The fraction of sp³-hybridized carbons (Fsp3) is 0.550. The molecule has 2 rings (SSSR count). The Morgan fingerprint density at radius 3 is 1.88 bits per heavy atom. The molecule has 0 N–H and O–H groups in total. The molecule has 0 saturated carbocycles. The summed E-state index contributed by atoms with van der Waals surface area (Å²) in [5, 5.41) is 1.12. The van der Waals surface area contributed by atoms with Crippen molar-refractivity contribution in [2.24, 2.45) is 5.92 Å². The number of hydrogen-bond acceptors (Lipinski definition) is 5. The lowest BCUT2D eigenvalue weighted by molar-refractivity contribution is 0.0939. The monoisotopic (exact) mass is 376 g/mol.